The molecule has 0 unspecified atom stereocenters. The zero-order valence-electron chi connectivity index (χ0n) is 12.6. The predicted molar refractivity (Wildman–Crippen MR) is 96.5 cm³/mol. The van der Waals surface area contributed by atoms with Gasteiger partial charge in [0, 0.05) is 12.0 Å². The van der Waals surface area contributed by atoms with E-state index in [4.69, 9.17) is 5.73 Å². The zero-order valence-corrected chi connectivity index (χ0v) is 14.2. The molecule has 7 heteroatoms. The van der Waals surface area contributed by atoms with Crippen molar-refractivity contribution < 1.29 is 8.42 Å². The lowest BCUT2D eigenvalue weighted by atomic mass is 10.2. The Hall–Kier alpha value is -2.12. The summed E-state index contributed by atoms with van der Waals surface area (Å²) in [5.41, 5.74) is 7.70. The molecule has 0 aliphatic heterocycles. The van der Waals surface area contributed by atoms with Crippen molar-refractivity contribution in [1.82, 2.24) is 0 Å². The van der Waals surface area contributed by atoms with Crippen LogP contribution in [-0.2, 0) is 15.6 Å². The molecule has 0 bridgehead atoms. The minimum atomic E-state index is -3.18. The molecule has 0 atom stereocenters. The molecule has 2 rings (SSSR count). The first-order valence-corrected chi connectivity index (χ1v) is 9.66. The molecule has 0 radical (unpaired) electrons. The molecule has 23 heavy (non-hydrogen) atoms. The molecule has 2 N–H and O–H groups in total. The predicted octanol–water partition coefficient (Wildman–Crippen LogP) is 2.67. The van der Waals surface area contributed by atoms with E-state index in [-0.39, 0.29) is 4.90 Å². The Balaban J connectivity index is 1.92. The van der Waals surface area contributed by atoms with Crippen LogP contribution >= 0.6 is 11.8 Å². The largest absolute Gasteiger partial charge is 0.377 e. The molecule has 0 amide bonds. The van der Waals surface area contributed by atoms with Gasteiger partial charge in [-0.1, -0.05) is 54.2 Å². The summed E-state index contributed by atoms with van der Waals surface area (Å²) in [5.74, 6) is 0.731. The van der Waals surface area contributed by atoms with E-state index in [0.29, 0.717) is 5.17 Å². The van der Waals surface area contributed by atoms with E-state index in [2.05, 4.69) is 10.2 Å². The first kappa shape index (κ1) is 17.2. The van der Waals surface area contributed by atoms with Gasteiger partial charge in [0.05, 0.1) is 11.1 Å². The first-order valence-electron chi connectivity index (χ1n) is 6.78. The summed E-state index contributed by atoms with van der Waals surface area (Å²) in [6.07, 6.45) is 2.70. The normalized spacial score (nSPS) is 12.7. The number of rotatable bonds is 5. The van der Waals surface area contributed by atoms with Crippen molar-refractivity contribution in [3.63, 3.8) is 0 Å². The number of nitrogens with two attached hydrogens (primary N) is 1. The number of hydrogen-bond donors (Lipinski definition) is 1. The van der Waals surface area contributed by atoms with Crippen LogP contribution in [0.1, 0.15) is 11.1 Å². The van der Waals surface area contributed by atoms with Crippen molar-refractivity contribution in [2.75, 3.05) is 6.26 Å². The minimum absolute atomic E-state index is 0.274. The topological polar surface area (TPSA) is 84.9 Å². The van der Waals surface area contributed by atoms with Gasteiger partial charge in [-0.05, 0) is 23.3 Å². The van der Waals surface area contributed by atoms with Crippen LogP contribution in [0.25, 0.3) is 0 Å². The summed E-state index contributed by atoms with van der Waals surface area (Å²) >= 11 is 1.41. The van der Waals surface area contributed by atoms with E-state index in [0.717, 1.165) is 16.9 Å². The van der Waals surface area contributed by atoms with E-state index >= 15 is 0 Å². The van der Waals surface area contributed by atoms with E-state index in [1.807, 2.05) is 30.3 Å². The Labute approximate surface area is 140 Å². The average Bonchev–Trinajstić information content (AvgIpc) is 2.53. The summed E-state index contributed by atoms with van der Waals surface area (Å²) in [7, 11) is -3.18. The highest BCUT2D eigenvalue weighted by molar-refractivity contribution is 8.13. The number of thioether (sulfide) groups is 1. The highest BCUT2D eigenvalue weighted by Crippen LogP contribution is 2.12. The van der Waals surface area contributed by atoms with Gasteiger partial charge in [-0.25, -0.2) is 8.42 Å². The van der Waals surface area contributed by atoms with Crippen LogP contribution in [0.2, 0.25) is 0 Å². The average molecular weight is 347 g/mol. The Kier molecular flexibility index (Phi) is 5.95. The number of amidine groups is 1. The molecule has 0 aromatic heterocycles. The fraction of sp³-hybridized carbons (Fsp3) is 0.125. The molecule has 0 fully saturated rings. The van der Waals surface area contributed by atoms with Gasteiger partial charge in [-0.2, -0.15) is 5.10 Å². The molecule has 0 saturated carbocycles. The molecule has 2 aromatic carbocycles. The van der Waals surface area contributed by atoms with Crippen LogP contribution < -0.4 is 5.73 Å². The van der Waals surface area contributed by atoms with Gasteiger partial charge in [0.1, 0.15) is 0 Å². The Morgan fingerprint density at radius 1 is 1.13 bits per heavy atom. The van der Waals surface area contributed by atoms with Gasteiger partial charge in [0.2, 0.25) is 0 Å². The number of hydrogen-bond acceptors (Lipinski definition) is 5. The second-order valence-electron chi connectivity index (χ2n) is 4.80. The Bertz CT molecular complexity index is 799. The van der Waals surface area contributed by atoms with E-state index in [1.54, 1.807) is 12.1 Å². The van der Waals surface area contributed by atoms with Crippen molar-refractivity contribution in [3.8, 4) is 0 Å². The van der Waals surface area contributed by atoms with Crippen LogP contribution in [0.4, 0.5) is 0 Å². The molecule has 0 spiro atoms. The maximum atomic E-state index is 11.4. The quantitative estimate of drug-likeness (QED) is 0.512. The zero-order chi connectivity index (χ0) is 16.7. The molecule has 5 nitrogen and oxygen atoms in total. The standard InChI is InChI=1S/C16H17N3O2S2/c1-23(20,21)15-9-7-13(8-10-15)11-18-19-16(17)22-12-14-5-3-2-4-6-14/h2-11H,12H2,1H3,(H2,17,19). The van der Waals surface area contributed by atoms with Crippen molar-refractivity contribution in [2.45, 2.75) is 10.6 Å². The van der Waals surface area contributed by atoms with E-state index in [1.165, 1.54) is 36.4 Å². The fourth-order valence-electron chi connectivity index (χ4n) is 1.71. The molecule has 0 aliphatic rings. The highest BCUT2D eigenvalue weighted by Gasteiger charge is 2.05. The van der Waals surface area contributed by atoms with Crippen LogP contribution in [0.15, 0.2) is 69.7 Å². The molecule has 120 valence electrons. The maximum absolute atomic E-state index is 11.4. The molecule has 0 aliphatic carbocycles. The van der Waals surface area contributed by atoms with Crippen molar-refractivity contribution in [3.05, 3.63) is 65.7 Å². The van der Waals surface area contributed by atoms with Crippen molar-refractivity contribution in [1.29, 1.82) is 0 Å². The smallest absolute Gasteiger partial charge is 0.180 e. The molecule has 2 aromatic rings. The SMILES string of the molecule is CS(=O)(=O)c1ccc(C=NN=C(N)SCc2ccccc2)cc1. The maximum Gasteiger partial charge on any atom is 0.180 e. The molecule has 0 heterocycles. The van der Waals surface area contributed by atoms with Gasteiger partial charge in [0.15, 0.2) is 15.0 Å². The Morgan fingerprint density at radius 2 is 1.78 bits per heavy atom. The van der Waals surface area contributed by atoms with Gasteiger partial charge >= 0.3 is 0 Å². The van der Waals surface area contributed by atoms with Gasteiger partial charge in [0.25, 0.3) is 0 Å². The second kappa shape index (κ2) is 7.94. The second-order valence-corrected chi connectivity index (χ2v) is 7.81. The summed E-state index contributed by atoms with van der Waals surface area (Å²) in [4.78, 5) is 0.274. The van der Waals surface area contributed by atoms with Crippen LogP contribution in [-0.4, -0.2) is 26.1 Å². The number of nitrogens with zero attached hydrogens (tertiary/aromatic N) is 2. The van der Waals surface area contributed by atoms with Gasteiger partial charge < -0.3 is 5.73 Å². The van der Waals surface area contributed by atoms with Crippen LogP contribution in [0, 0.1) is 0 Å². The molecular weight excluding hydrogens is 330 g/mol. The minimum Gasteiger partial charge on any atom is -0.377 e. The van der Waals surface area contributed by atoms with Gasteiger partial charge in [-0.15, -0.1) is 5.10 Å². The number of sulfone groups is 1. The molecule has 0 saturated heterocycles. The summed E-state index contributed by atoms with van der Waals surface area (Å²) < 4.78 is 22.7. The summed E-state index contributed by atoms with van der Waals surface area (Å²) in [5, 5.41) is 8.20. The van der Waals surface area contributed by atoms with Crippen LogP contribution in [0.5, 0.6) is 0 Å². The fourth-order valence-corrected chi connectivity index (χ4v) is 2.96. The Morgan fingerprint density at radius 3 is 2.39 bits per heavy atom. The lowest BCUT2D eigenvalue weighted by molar-refractivity contribution is 0.602. The van der Waals surface area contributed by atoms with Gasteiger partial charge in [-0.3, -0.25) is 0 Å². The lowest BCUT2D eigenvalue weighted by Gasteiger charge is -1.99. The number of benzene rings is 2. The van der Waals surface area contributed by atoms with E-state index < -0.39 is 9.84 Å². The lowest BCUT2D eigenvalue weighted by Crippen LogP contribution is -2.06. The van der Waals surface area contributed by atoms with Crippen LogP contribution in [0.3, 0.4) is 0 Å². The monoisotopic (exact) mass is 347 g/mol. The summed E-state index contributed by atoms with van der Waals surface area (Å²) in [6.45, 7) is 0. The third kappa shape index (κ3) is 5.88. The van der Waals surface area contributed by atoms with Crippen molar-refractivity contribution in [2.24, 2.45) is 15.9 Å². The van der Waals surface area contributed by atoms with E-state index in [9.17, 15) is 8.42 Å². The first-order chi connectivity index (χ1) is 10.9. The summed E-state index contributed by atoms with van der Waals surface area (Å²) in [6, 6.07) is 16.4. The third-order valence-corrected chi connectivity index (χ3v) is 4.88. The van der Waals surface area contributed by atoms with Crippen molar-refractivity contribution >= 4 is 33.0 Å². The third-order valence-electron chi connectivity index (χ3n) is 2.90. The molecular formula is C16H17N3O2S2. The highest BCUT2D eigenvalue weighted by atomic mass is 32.2.